The van der Waals surface area contributed by atoms with Gasteiger partial charge in [-0.15, -0.1) is 0 Å². The van der Waals surface area contributed by atoms with Gasteiger partial charge in [0.1, 0.15) is 12.3 Å². The molecule has 2 aromatic rings. The van der Waals surface area contributed by atoms with Crippen LogP contribution in [0, 0.1) is 5.92 Å². The number of fused-ring (bicyclic) bond motifs is 4. The van der Waals surface area contributed by atoms with E-state index in [1.54, 1.807) is 0 Å². The molecule has 6 nitrogen and oxygen atoms in total. The molecule has 0 N–H and O–H groups in total. The molecule has 0 amide bonds. The Labute approximate surface area is 226 Å². The first-order valence-electron chi connectivity index (χ1n) is 14.5. The molecule has 4 aliphatic heterocycles. The number of nitrogens with zero attached hydrogens (tertiary/aromatic N) is 1. The Bertz CT molecular complexity index is 1080. The summed E-state index contributed by atoms with van der Waals surface area (Å²) in [5, 5.41) is 8.25. The Morgan fingerprint density at radius 1 is 1.05 bits per heavy atom. The lowest BCUT2D eigenvalue weighted by Crippen LogP contribution is -2.65. The fraction of sp³-hybridized carbons (Fsp3) is 0.562. The first-order valence-corrected chi connectivity index (χ1v) is 14.5. The second-order valence-electron chi connectivity index (χ2n) is 11.7. The zero-order valence-corrected chi connectivity index (χ0v) is 22.4. The van der Waals surface area contributed by atoms with Crippen molar-refractivity contribution in [1.29, 1.82) is 0 Å². The molecule has 2 aromatic carbocycles. The van der Waals surface area contributed by atoms with E-state index in [4.69, 9.17) is 19.4 Å². The van der Waals surface area contributed by atoms with Gasteiger partial charge >= 0.3 is 5.97 Å². The van der Waals surface area contributed by atoms with Gasteiger partial charge in [0.15, 0.2) is 6.10 Å². The maximum absolute atomic E-state index is 14.0. The van der Waals surface area contributed by atoms with Crippen LogP contribution in [0.1, 0.15) is 68.1 Å². The average molecular weight is 520 g/mol. The highest BCUT2D eigenvalue weighted by Crippen LogP contribution is 2.42. The van der Waals surface area contributed by atoms with E-state index < -0.39 is 11.9 Å². The highest BCUT2D eigenvalue weighted by Gasteiger charge is 2.50. The molecule has 4 heterocycles. The lowest BCUT2D eigenvalue weighted by atomic mass is 9.74. The molecule has 0 aromatic heterocycles. The number of quaternary nitrogens is 1. The van der Waals surface area contributed by atoms with Crippen LogP contribution in [0.4, 0.5) is 0 Å². The topological polar surface area (TPSA) is 75.7 Å². The van der Waals surface area contributed by atoms with Gasteiger partial charge < -0.3 is 23.9 Å². The summed E-state index contributed by atoms with van der Waals surface area (Å²) in [6.45, 7) is 4.92. The van der Waals surface area contributed by atoms with Crippen molar-refractivity contribution in [3.8, 4) is 5.75 Å². The number of benzene rings is 2. The molecule has 1 saturated carbocycles. The monoisotopic (exact) mass is 519 g/mol. The molecule has 7 rings (SSSR count). The smallest absolute Gasteiger partial charge is 0.317 e. The van der Waals surface area contributed by atoms with Crippen LogP contribution in [0.25, 0.3) is 0 Å². The number of hydrogen-bond acceptors (Lipinski definition) is 5. The van der Waals surface area contributed by atoms with Gasteiger partial charge in [-0.25, -0.2) is 0 Å². The fourth-order valence-electron chi connectivity index (χ4n) is 7.38. The van der Waals surface area contributed by atoms with Crippen LogP contribution in [0.5, 0.6) is 5.75 Å². The summed E-state index contributed by atoms with van der Waals surface area (Å²) < 4.78 is 13.3. The van der Waals surface area contributed by atoms with E-state index in [9.17, 15) is 4.79 Å². The van der Waals surface area contributed by atoms with Crippen molar-refractivity contribution in [3.63, 3.8) is 0 Å². The van der Waals surface area contributed by atoms with E-state index in [0.717, 1.165) is 74.0 Å². The third-order valence-electron chi connectivity index (χ3n) is 9.60. The maximum Gasteiger partial charge on any atom is 0.317 e. The molecular weight excluding hydrogens is 478 g/mol. The lowest BCUT2D eigenvalue weighted by Gasteiger charge is -2.52. The number of ether oxygens (including phenoxy) is 2. The standard InChI is InChI=1S/C31H40NO3.CH2O2/c33-30(31(16-6-1-2-7-17-31)27-8-4-3-5-9-27)35-29-23-32(19-13-25(29)14-20-32)18-12-24-10-11-28-26(22-24)15-21-34-28;2-1-3/h3-5,8-11,22,25,29H,1-2,6-7,12-21,23H2;1H,(H,2,3)/q+1;/p-1. The van der Waals surface area contributed by atoms with Crippen LogP contribution in [-0.4, -0.2) is 55.8 Å². The van der Waals surface area contributed by atoms with E-state index in [2.05, 4.69) is 48.5 Å². The number of hydrogen-bond donors (Lipinski definition) is 0. The van der Waals surface area contributed by atoms with Crippen molar-refractivity contribution in [2.75, 3.05) is 32.8 Å². The minimum Gasteiger partial charge on any atom is -0.554 e. The van der Waals surface area contributed by atoms with Crippen LogP contribution < -0.4 is 9.84 Å². The van der Waals surface area contributed by atoms with Crippen molar-refractivity contribution >= 4 is 12.4 Å². The third-order valence-corrected chi connectivity index (χ3v) is 9.60. The van der Waals surface area contributed by atoms with Crippen molar-refractivity contribution in [3.05, 3.63) is 65.2 Å². The molecule has 0 radical (unpaired) electrons. The molecule has 204 valence electrons. The molecule has 1 aliphatic carbocycles. The fourth-order valence-corrected chi connectivity index (χ4v) is 7.38. The first kappa shape index (κ1) is 26.7. The normalized spacial score (nSPS) is 27.2. The van der Waals surface area contributed by atoms with Gasteiger partial charge in [-0.2, -0.15) is 0 Å². The van der Waals surface area contributed by atoms with Crippen LogP contribution >= 0.6 is 0 Å². The molecule has 5 aliphatic rings. The van der Waals surface area contributed by atoms with E-state index in [0.29, 0.717) is 5.92 Å². The van der Waals surface area contributed by atoms with Crippen molar-refractivity contribution in [2.45, 2.75) is 75.7 Å². The molecule has 38 heavy (non-hydrogen) atoms. The SMILES string of the molecule is O=C(OC1C[N+]2(CCc3ccc4c(c3)CCO4)CCC1CC2)C1(c2ccccc2)CCCCCC1.O=C[O-]. The molecule has 2 bridgehead atoms. The van der Waals surface area contributed by atoms with E-state index in [1.165, 1.54) is 49.9 Å². The molecular formula is C32H41NO5. The van der Waals surface area contributed by atoms with Gasteiger partial charge in [0.05, 0.1) is 31.7 Å². The quantitative estimate of drug-likeness (QED) is 0.250. The molecule has 0 spiro atoms. The Morgan fingerprint density at radius 2 is 1.76 bits per heavy atom. The Morgan fingerprint density at radius 3 is 2.47 bits per heavy atom. The van der Waals surface area contributed by atoms with Crippen LogP contribution in [0.15, 0.2) is 48.5 Å². The van der Waals surface area contributed by atoms with Gasteiger partial charge in [0.25, 0.3) is 0 Å². The Kier molecular flexibility index (Phi) is 8.37. The van der Waals surface area contributed by atoms with E-state index in [-0.39, 0.29) is 12.1 Å². The third kappa shape index (κ3) is 5.61. The molecule has 1 unspecified atom stereocenters. The molecule has 4 fully saturated rings. The average Bonchev–Trinajstić information content (AvgIpc) is 3.28. The molecule has 6 heteroatoms. The van der Waals surface area contributed by atoms with Gasteiger partial charge in [0.2, 0.25) is 0 Å². The van der Waals surface area contributed by atoms with E-state index in [1.807, 2.05) is 0 Å². The van der Waals surface area contributed by atoms with Gasteiger partial charge in [-0.1, -0.05) is 68.1 Å². The largest absolute Gasteiger partial charge is 0.554 e. The molecule has 1 atom stereocenters. The van der Waals surface area contributed by atoms with Crippen LogP contribution in [0.2, 0.25) is 0 Å². The van der Waals surface area contributed by atoms with E-state index >= 15 is 0 Å². The van der Waals surface area contributed by atoms with Gasteiger partial charge in [0, 0.05) is 38.1 Å². The first-order chi connectivity index (χ1) is 18.6. The lowest BCUT2D eigenvalue weighted by molar-refractivity contribution is -0.946. The minimum atomic E-state index is -0.500. The maximum atomic E-state index is 14.0. The molecule has 3 saturated heterocycles. The predicted molar refractivity (Wildman–Crippen MR) is 144 cm³/mol. The summed E-state index contributed by atoms with van der Waals surface area (Å²) in [4.78, 5) is 22.2. The van der Waals surface area contributed by atoms with Crippen LogP contribution in [0.3, 0.4) is 0 Å². The van der Waals surface area contributed by atoms with Crippen LogP contribution in [-0.2, 0) is 32.6 Å². The number of piperidine rings is 3. The van der Waals surface area contributed by atoms with Gasteiger partial charge in [-0.3, -0.25) is 4.79 Å². The summed E-state index contributed by atoms with van der Waals surface area (Å²) in [6.07, 6.45) is 11.1. The predicted octanol–water partition coefficient (Wildman–Crippen LogP) is 3.97. The highest BCUT2D eigenvalue weighted by molar-refractivity contribution is 5.83. The number of esters is 1. The summed E-state index contributed by atoms with van der Waals surface area (Å²) >= 11 is 0. The summed E-state index contributed by atoms with van der Waals surface area (Å²) in [5.41, 5.74) is 3.49. The Hall–Kier alpha value is -2.86. The summed E-state index contributed by atoms with van der Waals surface area (Å²) in [5.74, 6) is 1.66. The zero-order chi connectivity index (χ0) is 26.4. The van der Waals surface area contributed by atoms with Crippen molar-refractivity contribution in [1.82, 2.24) is 0 Å². The number of carbonyl (C=O) groups excluding carboxylic acids is 2. The summed E-state index contributed by atoms with van der Waals surface area (Å²) in [6, 6.07) is 17.3. The second kappa shape index (κ2) is 11.9. The van der Waals surface area contributed by atoms with Gasteiger partial charge in [-0.05, 0) is 35.6 Å². The van der Waals surface area contributed by atoms with Crippen molar-refractivity contribution < 1.29 is 28.7 Å². The zero-order valence-electron chi connectivity index (χ0n) is 22.4. The minimum absolute atomic E-state index is 0.0566. The number of carbonyl (C=O) groups is 2. The number of rotatable bonds is 6. The Balaban J connectivity index is 0.000000937. The second-order valence-corrected chi connectivity index (χ2v) is 11.7. The highest BCUT2D eigenvalue weighted by atomic mass is 16.5. The summed E-state index contributed by atoms with van der Waals surface area (Å²) in [7, 11) is 0. The number of carboxylic acid groups (broad SMARTS) is 1. The van der Waals surface area contributed by atoms with Crippen molar-refractivity contribution in [2.24, 2.45) is 5.92 Å².